The van der Waals surface area contributed by atoms with Gasteiger partial charge in [0.15, 0.2) is 11.5 Å². The van der Waals surface area contributed by atoms with Crippen LogP contribution in [0.15, 0.2) is 42.7 Å². The number of imidazole rings is 1. The van der Waals surface area contributed by atoms with Crippen LogP contribution in [-0.2, 0) is 13.1 Å². The van der Waals surface area contributed by atoms with Crippen LogP contribution >= 0.6 is 11.6 Å². The molecular weight excluding hydrogens is 400 g/mol. The maximum atomic E-state index is 12.6. The van der Waals surface area contributed by atoms with Crippen molar-refractivity contribution in [2.45, 2.75) is 45.5 Å². The monoisotopic (exact) mass is 421 g/mol. The summed E-state index contributed by atoms with van der Waals surface area (Å²) in [5, 5.41) is 0.662. The molecule has 0 aliphatic heterocycles. The molecule has 2 heterocycles. The summed E-state index contributed by atoms with van der Waals surface area (Å²) in [7, 11) is 0. The molecule has 0 amide bonds. The Labute approximate surface area is 172 Å². The Hall–Kier alpha value is -2.38. The van der Waals surface area contributed by atoms with Gasteiger partial charge in [0.05, 0.1) is 17.3 Å². The lowest BCUT2D eigenvalue weighted by Crippen LogP contribution is -2.25. The zero-order valence-corrected chi connectivity index (χ0v) is 16.8. The Bertz CT molecular complexity index is 991. The number of rotatable bonds is 9. The van der Waals surface area contributed by atoms with Crippen molar-refractivity contribution in [3.63, 3.8) is 0 Å². The second-order valence-corrected chi connectivity index (χ2v) is 7.51. The number of ether oxygens (including phenoxy) is 2. The van der Waals surface area contributed by atoms with Gasteiger partial charge in [-0.15, -0.1) is 0 Å². The van der Waals surface area contributed by atoms with E-state index in [-0.39, 0.29) is 5.75 Å². The average molecular weight is 422 g/mol. The minimum Gasteiger partial charge on any atom is -0.490 e. The maximum Gasteiger partial charge on any atom is 0.387 e. The van der Waals surface area contributed by atoms with E-state index in [1.54, 1.807) is 18.2 Å². The van der Waals surface area contributed by atoms with E-state index in [2.05, 4.69) is 14.6 Å². The van der Waals surface area contributed by atoms with Gasteiger partial charge >= 0.3 is 6.61 Å². The summed E-state index contributed by atoms with van der Waals surface area (Å²) in [5.74, 6) is 0.393. The summed E-state index contributed by atoms with van der Waals surface area (Å²) < 4.78 is 37.2. The van der Waals surface area contributed by atoms with Gasteiger partial charge in [-0.1, -0.05) is 17.7 Å². The average Bonchev–Trinajstić information content (AvgIpc) is 3.44. The van der Waals surface area contributed by atoms with Gasteiger partial charge in [0.25, 0.3) is 0 Å². The number of halogens is 3. The zero-order chi connectivity index (χ0) is 20.4. The molecule has 5 nitrogen and oxygen atoms in total. The fourth-order valence-corrected chi connectivity index (χ4v) is 3.57. The highest BCUT2D eigenvalue weighted by Crippen LogP contribution is 2.33. The molecule has 1 saturated carbocycles. The van der Waals surface area contributed by atoms with Gasteiger partial charge in [0, 0.05) is 31.5 Å². The molecule has 2 aromatic heterocycles. The van der Waals surface area contributed by atoms with Crippen LogP contribution in [0.25, 0.3) is 5.65 Å². The van der Waals surface area contributed by atoms with Crippen LogP contribution in [0.2, 0.25) is 5.02 Å². The van der Waals surface area contributed by atoms with Crippen LogP contribution in [0.5, 0.6) is 11.5 Å². The molecule has 0 N–H and O–H groups in total. The molecule has 1 aromatic carbocycles. The Morgan fingerprint density at radius 1 is 1.17 bits per heavy atom. The largest absolute Gasteiger partial charge is 0.490 e. The van der Waals surface area contributed by atoms with E-state index in [0.717, 1.165) is 29.7 Å². The van der Waals surface area contributed by atoms with Crippen molar-refractivity contribution >= 4 is 17.2 Å². The van der Waals surface area contributed by atoms with Gasteiger partial charge in [-0.2, -0.15) is 8.78 Å². The van der Waals surface area contributed by atoms with Crippen molar-refractivity contribution in [3.05, 3.63) is 59.0 Å². The Morgan fingerprint density at radius 3 is 2.72 bits per heavy atom. The zero-order valence-electron chi connectivity index (χ0n) is 16.0. The molecule has 154 valence electrons. The fourth-order valence-electron chi connectivity index (χ4n) is 3.40. The first kappa shape index (κ1) is 19.9. The van der Waals surface area contributed by atoms with Gasteiger partial charge in [-0.25, -0.2) is 4.98 Å². The normalized spacial score (nSPS) is 14.1. The number of alkyl halides is 2. The summed E-state index contributed by atoms with van der Waals surface area (Å²) in [4.78, 5) is 7.02. The van der Waals surface area contributed by atoms with Crippen molar-refractivity contribution in [1.82, 2.24) is 14.3 Å². The Kier molecular flexibility index (Phi) is 5.87. The second kappa shape index (κ2) is 8.55. The Balaban J connectivity index is 1.52. The second-order valence-electron chi connectivity index (χ2n) is 7.07. The van der Waals surface area contributed by atoms with Gasteiger partial charge in [-0.05, 0) is 49.6 Å². The van der Waals surface area contributed by atoms with Crippen molar-refractivity contribution in [2.24, 2.45) is 0 Å². The smallest absolute Gasteiger partial charge is 0.387 e. The molecule has 1 fully saturated rings. The highest BCUT2D eigenvalue weighted by Gasteiger charge is 2.29. The lowest BCUT2D eigenvalue weighted by atomic mass is 10.1. The summed E-state index contributed by atoms with van der Waals surface area (Å²) in [6.45, 7) is 0.674. The molecule has 0 radical (unpaired) electrons. The molecule has 0 unspecified atom stereocenters. The van der Waals surface area contributed by atoms with E-state index >= 15 is 0 Å². The van der Waals surface area contributed by atoms with E-state index in [0.29, 0.717) is 36.5 Å². The maximum absolute atomic E-state index is 12.6. The molecule has 0 saturated heterocycles. The van der Waals surface area contributed by atoms with Crippen LogP contribution in [0.3, 0.4) is 0 Å². The van der Waals surface area contributed by atoms with Crippen molar-refractivity contribution in [2.75, 3.05) is 6.61 Å². The predicted octanol–water partition coefficient (Wildman–Crippen LogP) is 5.15. The van der Waals surface area contributed by atoms with E-state index < -0.39 is 6.61 Å². The lowest BCUT2D eigenvalue weighted by molar-refractivity contribution is -0.0514. The van der Waals surface area contributed by atoms with Crippen LogP contribution < -0.4 is 9.47 Å². The van der Waals surface area contributed by atoms with Crippen LogP contribution in [0, 0.1) is 0 Å². The van der Waals surface area contributed by atoms with Gasteiger partial charge in [-0.3, -0.25) is 4.90 Å². The number of hydrogen-bond acceptors (Lipinski definition) is 4. The summed E-state index contributed by atoms with van der Waals surface area (Å²) >= 11 is 6.06. The Morgan fingerprint density at radius 2 is 2.00 bits per heavy atom. The lowest BCUT2D eigenvalue weighted by Gasteiger charge is -2.22. The number of aromatic nitrogens is 2. The van der Waals surface area contributed by atoms with Crippen molar-refractivity contribution < 1.29 is 18.3 Å². The molecule has 4 rings (SSSR count). The molecule has 29 heavy (non-hydrogen) atoms. The third-order valence-electron chi connectivity index (χ3n) is 4.80. The third-order valence-corrected chi connectivity index (χ3v) is 5.03. The number of benzene rings is 1. The molecule has 3 aromatic rings. The van der Waals surface area contributed by atoms with Crippen molar-refractivity contribution in [1.29, 1.82) is 0 Å². The SMILES string of the molecule is CCOc1cc(CN(Cc2cn3cc(Cl)ccc3n2)C2CC2)ccc1OC(F)F. The molecule has 1 aliphatic rings. The predicted molar refractivity (Wildman–Crippen MR) is 107 cm³/mol. The summed E-state index contributed by atoms with van der Waals surface area (Å²) in [6.07, 6.45) is 6.11. The van der Waals surface area contributed by atoms with Gasteiger partial charge in [0.1, 0.15) is 5.65 Å². The molecule has 0 spiro atoms. The minimum atomic E-state index is -2.88. The standard InChI is InChI=1S/C21H22ClF2N3O2/c1-2-28-19-9-14(3-7-18(19)29-21(23)24)10-26(17-5-6-17)12-16-13-27-11-15(22)4-8-20(27)25-16/h3-4,7-9,11,13,17,21H,2,5-6,10,12H2,1H3. The molecule has 8 heteroatoms. The summed E-state index contributed by atoms with van der Waals surface area (Å²) in [6, 6.07) is 9.34. The highest BCUT2D eigenvalue weighted by molar-refractivity contribution is 6.30. The first-order valence-corrected chi connectivity index (χ1v) is 9.97. The summed E-state index contributed by atoms with van der Waals surface area (Å²) in [5.41, 5.74) is 2.79. The highest BCUT2D eigenvalue weighted by atomic mass is 35.5. The fraction of sp³-hybridized carbons (Fsp3) is 0.381. The quantitative estimate of drug-likeness (QED) is 0.479. The number of nitrogens with zero attached hydrogens (tertiary/aromatic N) is 3. The van der Waals surface area contributed by atoms with E-state index in [1.807, 2.05) is 35.9 Å². The van der Waals surface area contributed by atoms with Gasteiger partial charge in [0.2, 0.25) is 0 Å². The number of fused-ring (bicyclic) bond motifs is 1. The van der Waals surface area contributed by atoms with Crippen molar-refractivity contribution in [3.8, 4) is 11.5 Å². The van der Waals surface area contributed by atoms with Crippen LogP contribution in [0.4, 0.5) is 8.78 Å². The molecular formula is C21H22ClF2N3O2. The molecule has 0 atom stereocenters. The minimum absolute atomic E-state index is 0.0563. The van der Waals surface area contributed by atoms with E-state index in [9.17, 15) is 8.78 Å². The van der Waals surface area contributed by atoms with Gasteiger partial charge < -0.3 is 13.9 Å². The first-order chi connectivity index (χ1) is 14.0. The molecule has 1 aliphatic carbocycles. The first-order valence-electron chi connectivity index (χ1n) is 9.59. The van der Waals surface area contributed by atoms with E-state index in [4.69, 9.17) is 16.3 Å². The topological polar surface area (TPSA) is 39.0 Å². The number of pyridine rings is 1. The molecule has 0 bridgehead atoms. The van der Waals surface area contributed by atoms with Crippen LogP contribution in [-0.4, -0.2) is 33.5 Å². The van der Waals surface area contributed by atoms with E-state index in [1.165, 1.54) is 0 Å². The third kappa shape index (κ3) is 4.97. The number of hydrogen-bond donors (Lipinski definition) is 0. The van der Waals surface area contributed by atoms with Crippen LogP contribution in [0.1, 0.15) is 31.0 Å².